The molecule has 0 heterocycles. The predicted octanol–water partition coefficient (Wildman–Crippen LogP) is 4.12. The van der Waals surface area contributed by atoms with E-state index in [4.69, 9.17) is 4.74 Å². The van der Waals surface area contributed by atoms with E-state index in [1.807, 2.05) is 7.05 Å². The van der Waals surface area contributed by atoms with E-state index < -0.39 is 0 Å². The van der Waals surface area contributed by atoms with Crippen molar-refractivity contribution in [3.05, 3.63) is 23.3 Å². The van der Waals surface area contributed by atoms with E-state index >= 15 is 0 Å². The van der Waals surface area contributed by atoms with E-state index in [1.54, 1.807) is 0 Å². The van der Waals surface area contributed by atoms with Crippen LogP contribution in [-0.2, 0) is 5.41 Å². The first-order valence-corrected chi connectivity index (χ1v) is 6.25. The maximum absolute atomic E-state index is 5.87. The SMILES string of the molecule is CNc1cc(C(C)(C)C)cc(C)c1OC(C)C. The molecule has 2 heteroatoms. The van der Waals surface area contributed by atoms with Crippen LogP contribution in [0.25, 0.3) is 0 Å². The molecular formula is C15H25NO. The minimum absolute atomic E-state index is 0.159. The second-order valence-corrected chi connectivity index (χ2v) is 5.84. The average Bonchev–Trinajstić information content (AvgIpc) is 2.18. The van der Waals surface area contributed by atoms with Crippen LogP contribution in [0.15, 0.2) is 12.1 Å². The third-order valence-corrected chi connectivity index (χ3v) is 2.76. The molecule has 1 N–H and O–H groups in total. The zero-order valence-corrected chi connectivity index (χ0v) is 12.1. The third kappa shape index (κ3) is 3.39. The van der Waals surface area contributed by atoms with Crippen LogP contribution in [0.3, 0.4) is 0 Å². The molecule has 1 aromatic rings. The Morgan fingerprint density at radius 3 is 2.18 bits per heavy atom. The van der Waals surface area contributed by atoms with E-state index in [0.29, 0.717) is 0 Å². The lowest BCUT2D eigenvalue weighted by atomic mass is 9.85. The molecule has 0 unspecified atom stereocenters. The molecular weight excluding hydrogens is 210 g/mol. The second kappa shape index (κ2) is 4.99. The molecule has 17 heavy (non-hydrogen) atoms. The van der Waals surface area contributed by atoms with Crippen LogP contribution in [0.5, 0.6) is 5.75 Å². The van der Waals surface area contributed by atoms with Gasteiger partial charge in [0, 0.05) is 7.05 Å². The van der Waals surface area contributed by atoms with Gasteiger partial charge in [0.15, 0.2) is 0 Å². The van der Waals surface area contributed by atoms with Gasteiger partial charge in [0.05, 0.1) is 11.8 Å². The Morgan fingerprint density at radius 1 is 1.18 bits per heavy atom. The highest BCUT2D eigenvalue weighted by Crippen LogP contribution is 2.35. The van der Waals surface area contributed by atoms with Gasteiger partial charge in [-0.2, -0.15) is 0 Å². The zero-order chi connectivity index (χ0) is 13.2. The molecule has 0 bridgehead atoms. The number of benzene rings is 1. The Hall–Kier alpha value is -1.18. The molecule has 0 atom stereocenters. The van der Waals surface area contributed by atoms with Crippen LogP contribution < -0.4 is 10.1 Å². The van der Waals surface area contributed by atoms with E-state index in [0.717, 1.165) is 11.4 Å². The van der Waals surface area contributed by atoms with Crippen LogP contribution >= 0.6 is 0 Å². The molecule has 1 aromatic carbocycles. The summed E-state index contributed by atoms with van der Waals surface area (Å²) in [6, 6.07) is 4.41. The number of hydrogen-bond acceptors (Lipinski definition) is 2. The van der Waals surface area contributed by atoms with Crippen LogP contribution in [-0.4, -0.2) is 13.2 Å². The first-order valence-electron chi connectivity index (χ1n) is 6.25. The molecule has 0 amide bonds. The highest BCUT2D eigenvalue weighted by atomic mass is 16.5. The standard InChI is InChI=1S/C15H25NO/c1-10(2)17-14-11(3)8-12(15(4,5)6)9-13(14)16-7/h8-10,16H,1-7H3. The summed E-state index contributed by atoms with van der Waals surface area (Å²) in [7, 11) is 1.94. The average molecular weight is 235 g/mol. The van der Waals surface area contributed by atoms with E-state index in [1.165, 1.54) is 11.1 Å². The summed E-state index contributed by atoms with van der Waals surface area (Å²) in [6.45, 7) is 12.9. The summed E-state index contributed by atoms with van der Waals surface area (Å²) in [4.78, 5) is 0. The lowest BCUT2D eigenvalue weighted by molar-refractivity contribution is 0.242. The highest BCUT2D eigenvalue weighted by molar-refractivity contribution is 5.62. The molecule has 0 saturated carbocycles. The molecule has 1 rings (SSSR count). The van der Waals surface area contributed by atoms with Gasteiger partial charge in [0.25, 0.3) is 0 Å². The van der Waals surface area contributed by atoms with E-state index in [-0.39, 0.29) is 11.5 Å². The van der Waals surface area contributed by atoms with Crippen LogP contribution in [0.2, 0.25) is 0 Å². The summed E-state index contributed by atoms with van der Waals surface area (Å²) in [6.07, 6.45) is 0.196. The summed E-state index contributed by atoms with van der Waals surface area (Å²) in [5.74, 6) is 0.968. The fourth-order valence-corrected chi connectivity index (χ4v) is 1.78. The number of hydrogen-bond donors (Lipinski definition) is 1. The Kier molecular flexibility index (Phi) is 4.07. The largest absolute Gasteiger partial charge is 0.489 e. The normalized spacial score (nSPS) is 11.8. The number of ether oxygens (including phenoxy) is 1. The topological polar surface area (TPSA) is 21.3 Å². The zero-order valence-electron chi connectivity index (χ0n) is 12.1. The minimum Gasteiger partial charge on any atom is -0.489 e. The first-order chi connectivity index (χ1) is 7.75. The van der Waals surface area contributed by atoms with E-state index in [2.05, 4.69) is 59.0 Å². The quantitative estimate of drug-likeness (QED) is 0.851. The molecule has 2 nitrogen and oxygen atoms in total. The summed E-state index contributed by atoms with van der Waals surface area (Å²) in [5, 5.41) is 3.23. The van der Waals surface area contributed by atoms with Crippen LogP contribution in [0, 0.1) is 6.92 Å². The molecule has 0 aliphatic carbocycles. The number of anilines is 1. The van der Waals surface area contributed by atoms with Crippen molar-refractivity contribution < 1.29 is 4.74 Å². The van der Waals surface area contributed by atoms with Crippen molar-refractivity contribution in [1.82, 2.24) is 0 Å². The van der Waals surface area contributed by atoms with Gasteiger partial charge in [0.1, 0.15) is 5.75 Å². The molecule has 0 spiro atoms. The summed E-state index contributed by atoms with van der Waals surface area (Å²) < 4.78 is 5.87. The molecule has 0 aromatic heterocycles. The van der Waals surface area contributed by atoms with Crippen molar-refractivity contribution in [3.8, 4) is 5.75 Å². The highest BCUT2D eigenvalue weighted by Gasteiger charge is 2.18. The van der Waals surface area contributed by atoms with Gasteiger partial charge in [-0.25, -0.2) is 0 Å². The van der Waals surface area contributed by atoms with Crippen LogP contribution in [0.1, 0.15) is 45.7 Å². The minimum atomic E-state index is 0.159. The fourth-order valence-electron chi connectivity index (χ4n) is 1.78. The van der Waals surface area contributed by atoms with Gasteiger partial charge < -0.3 is 10.1 Å². The maximum atomic E-state index is 5.87. The molecule has 0 saturated heterocycles. The van der Waals surface area contributed by atoms with Gasteiger partial charge >= 0.3 is 0 Å². The van der Waals surface area contributed by atoms with Crippen molar-refractivity contribution in [2.75, 3.05) is 12.4 Å². The maximum Gasteiger partial charge on any atom is 0.145 e. The molecule has 0 fully saturated rings. The van der Waals surface area contributed by atoms with Gasteiger partial charge in [-0.15, -0.1) is 0 Å². The van der Waals surface area contributed by atoms with E-state index in [9.17, 15) is 0 Å². The fraction of sp³-hybridized carbons (Fsp3) is 0.600. The number of aryl methyl sites for hydroxylation is 1. The van der Waals surface area contributed by atoms with Gasteiger partial charge in [-0.05, 0) is 43.4 Å². The Bertz CT molecular complexity index is 389. The van der Waals surface area contributed by atoms with Crippen molar-refractivity contribution in [2.24, 2.45) is 0 Å². The Morgan fingerprint density at radius 2 is 1.76 bits per heavy atom. The molecule has 96 valence electrons. The monoisotopic (exact) mass is 235 g/mol. The van der Waals surface area contributed by atoms with Crippen molar-refractivity contribution in [2.45, 2.75) is 53.1 Å². The second-order valence-electron chi connectivity index (χ2n) is 5.84. The number of nitrogens with one attached hydrogen (secondary N) is 1. The smallest absolute Gasteiger partial charge is 0.145 e. The third-order valence-electron chi connectivity index (χ3n) is 2.76. The molecule has 0 radical (unpaired) electrons. The van der Waals surface area contributed by atoms with Crippen molar-refractivity contribution in [1.29, 1.82) is 0 Å². The molecule has 0 aliphatic rings. The van der Waals surface area contributed by atoms with Gasteiger partial charge in [0.2, 0.25) is 0 Å². The van der Waals surface area contributed by atoms with Crippen LogP contribution in [0.4, 0.5) is 5.69 Å². The molecule has 0 aliphatic heterocycles. The Labute approximate surface area is 105 Å². The van der Waals surface area contributed by atoms with Gasteiger partial charge in [-0.3, -0.25) is 0 Å². The summed E-state index contributed by atoms with van der Waals surface area (Å²) >= 11 is 0. The van der Waals surface area contributed by atoms with Crippen molar-refractivity contribution >= 4 is 5.69 Å². The lowest BCUT2D eigenvalue weighted by Gasteiger charge is -2.24. The predicted molar refractivity (Wildman–Crippen MR) is 75.2 cm³/mol. The van der Waals surface area contributed by atoms with Gasteiger partial charge in [-0.1, -0.05) is 26.8 Å². The Balaban J connectivity index is 3.26. The number of rotatable bonds is 3. The lowest BCUT2D eigenvalue weighted by Crippen LogP contribution is -2.14. The van der Waals surface area contributed by atoms with Crippen molar-refractivity contribution in [3.63, 3.8) is 0 Å². The first kappa shape index (κ1) is 13.9. The summed E-state index contributed by atoms with van der Waals surface area (Å²) in [5.41, 5.74) is 3.75.